The zero-order valence-electron chi connectivity index (χ0n) is 3.85. The van der Waals surface area contributed by atoms with Crippen LogP contribution in [-0.4, -0.2) is 0 Å². The first-order valence-electron chi connectivity index (χ1n) is 1.97. The molecule has 0 heterocycles. The number of hydrogen-bond acceptors (Lipinski definition) is 0. The third kappa shape index (κ3) is 3.48. The summed E-state index contributed by atoms with van der Waals surface area (Å²) >= 11 is 0. The van der Waals surface area contributed by atoms with Gasteiger partial charge in [0.25, 0.3) is 0 Å². The highest BCUT2D eigenvalue weighted by Crippen LogP contribution is 1.84. The second-order valence-corrected chi connectivity index (χ2v) is 0.996. The van der Waals surface area contributed by atoms with E-state index in [1.165, 1.54) is 0 Å². The molecule has 0 unspecified atom stereocenters. The Kier molecular flexibility index (Phi) is 4.09. The van der Waals surface area contributed by atoms with E-state index in [0.717, 1.165) is 6.42 Å². The summed E-state index contributed by atoms with van der Waals surface area (Å²) in [5.41, 5.74) is 0. The molecule has 0 rings (SSSR count). The molecule has 0 aromatic rings. The molecule has 0 amide bonds. The Balaban J connectivity index is 2.66. The number of allylic oxidation sites excluding steroid dienone is 2. The van der Waals surface area contributed by atoms with Crippen molar-refractivity contribution in [2.45, 2.75) is 6.42 Å². The van der Waals surface area contributed by atoms with Crippen molar-refractivity contribution in [3.05, 3.63) is 31.7 Å². The van der Waals surface area contributed by atoms with Crippen LogP contribution in [0.1, 0.15) is 6.42 Å². The van der Waals surface area contributed by atoms with Crippen LogP contribution in [0.25, 0.3) is 0 Å². The second kappa shape index (κ2) is 4.48. The minimum atomic E-state index is 0.934. The molecule has 0 aromatic heterocycles. The molecule has 1 radical (unpaired) electrons. The highest BCUT2D eigenvalue weighted by Gasteiger charge is 1.66. The molecule has 0 aliphatic rings. The molecule has 0 saturated heterocycles. The Labute approximate surface area is 39.2 Å². The van der Waals surface area contributed by atoms with Gasteiger partial charge in [-0.1, -0.05) is 12.2 Å². The molecular formula is C6H9. The van der Waals surface area contributed by atoms with Crippen molar-refractivity contribution in [1.82, 2.24) is 0 Å². The van der Waals surface area contributed by atoms with Gasteiger partial charge in [-0.25, -0.2) is 0 Å². The predicted molar refractivity (Wildman–Crippen MR) is 29.3 cm³/mol. The van der Waals surface area contributed by atoms with E-state index in [1.54, 1.807) is 6.08 Å². The maximum absolute atomic E-state index is 3.52. The minimum Gasteiger partial charge on any atom is -0.103 e. The first-order chi connectivity index (χ1) is 2.91. The summed E-state index contributed by atoms with van der Waals surface area (Å²) in [5.74, 6) is 0. The van der Waals surface area contributed by atoms with Crippen LogP contribution in [0.3, 0.4) is 0 Å². The molecule has 33 valence electrons. The smallest absolute Gasteiger partial charge is 0.0136 e. The van der Waals surface area contributed by atoms with Crippen LogP contribution in [0.4, 0.5) is 0 Å². The third-order valence-corrected chi connectivity index (χ3v) is 0.469. The van der Waals surface area contributed by atoms with Gasteiger partial charge in [0, 0.05) is 0 Å². The van der Waals surface area contributed by atoms with E-state index < -0.39 is 0 Å². The van der Waals surface area contributed by atoms with Gasteiger partial charge < -0.3 is 0 Å². The largest absolute Gasteiger partial charge is 0.103 e. The molecule has 0 nitrogen and oxygen atoms in total. The first-order valence-corrected chi connectivity index (χ1v) is 1.97. The average molecular weight is 81.1 g/mol. The van der Waals surface area contributed by atoms with E-state index in [2.05, 4.69) is 13.2 Å². The van der Waals surface area contributed by atoms with Gasteiger partial charge in [0.2, 0.25) is 0 Å². The highest BCUT2D eigenvalue weighted by molar-refractivity contribution is 4.91. The van der Waals surface area contributed by atoms with E-state index in [-0.39, 0.29) is 0 Å². The molecule has 0 atom stereocenters. The summed E-state index contributed by atoms with van der Waals surface area (Å²) in [4.78, 5) is 0. The molecule has 0 aliphatic carbocycles. The van der Waals surface area contributed by atoms with Gasteiger partial charge >= 0.3 is 0 Å². The van der Waals surface area contributed by atoms with Crippen LogP contribution in [0.5, 0.6) is 0 Å². The fourth-order valence-corrected chi connectivity index (χ4v) is 0.192. The molecule has 0 N–H and O–H groups in total. The molecule has 0 fully saturated rings. The normalized spacial score (nSPS) is 7.33. The number of hydrogen-bond donors (Lipinski definition) is 0. The van der Waals surface area contributed by atoms with E-state index in [1.807, 2.05) is 12.5 Å². The quantitative estimate of drug-likeness (QED) is 0.360. The first kappa shape index (κ1) is 5.48. The van der Waals surface area contributed by atoms with Crippen LogP contribution in [-0.2, 0) is 0 Å². The zero-order valence-corrected chi connectivity index (χ0v) is 3.85. The van der Waals surface area contributed by atoms with Gasteiger partial charge in [-0.05, 0) is 12.8 Å². The second-order valence-electron chi connectivity index (χ2n) is 0.996. The van der Waals surface area contributed by atoms with Crippen LogP contribution < -0.4 is 0 Å². The third-order valence-electron chi connectivity index (χ3n) is 0.469. The maximum atomic E-state index is 3.52. The van der Waals surface area contributed by atoms with Gasteiger partial charge in [0.05, 0.1) is 0 Å². The lowest BCUT2D eigenvalue weighted by atomic mass is 10.3. The Morgan fingerprint density at radius 3 is 2.17 bits per heavy atom. The minimum absolute atomic E-state index is 0.934. The summed E-state index contributed by atoms with van der Waals surface area (Å²) in [6.45, 7) is 7.01. The Hall–Kier alpha value is -0.520. The van der Waals surface area contributed by atoms with Crippen molar-refractivity contribution in [2.75, 3.05) is 0 Å². The van der Waals surface area contributed by atoms with Crippen LogP contribution in [0.2, 0.25) is 0 Å². The van der Waals surface area contributed by atoms with Crippen molar-refractivity contribution in [2.24, 2.45) is 0 Å². The van der Waals surface area contributed by atoms with Crippen LogP contribution in [0.15, 0.2) is 25.3 Å². The maximum Gasteiger partial charge on any atom is -0.0136 e. The summed E-state index contributed by atoms with van der Waals surface area (Å²) < 4.78 is 0. The molecule has 0 aromatic carbocycles. The lowest BCUT2D eigenvalue weighted by Gasteiger charge is -1.75. The van der Waals surface area contributed by atoms with Crippen molar-refractivity contribution in [3.63, 3.8) is 0 Å². The van der Waals surface area contributed by atoms with Gasteiger partial charge in [0.1, 0.15) is 0 Å². The SMILES string of the molecule is C=C[CH]CC=C. The fourth-order valence-electron chi connectivity index (χ4n) is 0.192. The monoisotopic (exact) mass is 81.1 g/mol. The van der Waals surface area contributed by atoms with E-state index in [4.69, 9.17) is 0 Å². The summed E-state index contributed by atoms with van der Waals surface area (Å²) in [6.07, 6.45) is 6.49. The predicted octanol–water partition coefficient (Wildman–Crippen LogP) is 1.95. The molecule has 0 spiro atoms. The van der Waals surface area contributed by atoms with E-state index in [0.29, 0.717) is 0 Å². The Bertz CT molecular complexity index is 36.0. The molecule has 0 bridgehead atoms. The van der Waals surface area contributed by atoms with Crippen molar-refractivity contribution in [3.8, 4) is 0 Å². The fraction of sp³-hybridized carbons (Fsp3) is 0.167. The molecular weight excluding hydrogens is 72.1 g/mol. The Morgan fingerprint density at radius 2 is 2.00 bits per heavy atom. The van der Waals surface area contributed by atoms with Crippen LogP contribution >= 0.6 is 0 Å². The molecule has 0 saturated carbocycles. The van der Waals surface area contributed by atoms with E-state index >= 15 is 0 Å². The van der Waals surface area contributed by atoms with Crippen molar-refractivity contribution in [1.29, 1.82) is 0 Å². The topological polar surface area (TPSA) is 0 Å². The number of rotatable bonds is 3. The highest BCUT2D eigenvalue weighted by atomic mass is 13.7. The zero-order chi connectivity index (χ0) is 4.83. The van der Waals surface area contributed by atoms with E-state index in [9.17, 15) is 0 Å². The summed E-state index contributed by atoms with van der Waals surface area (Å²) in [6, 6.07) is 0. The summed E-state index contributed by atoms with van der Waals surface area (Å²) in [5, 5.41) is 0. The van der Waals surface area contributed by atoms with Gasteiger partial charge in [-0.2, -0.15) is 0 Å². The Morgan fingerprint density at radius 1 is 1.33 bits per heavy atom. The number of unbranched alkanes of at least 4 members (excludes halogenated alkanes) is 1. The van der Waals surface area contributed by atoms with Crippen molar-refractivity contribution < 1.29 is 0 Å². The molecule has 6 heavy (non-hydrogen) atoms. The van der Waals surface area contributed by atoms with Crippen LogP contribution in [0, 0.1) is 6.42 Å². The van der Waals surface area contributed by atoms with Gasteiger partial charge in [0.15, 0.2) is 0 Å². The summed E-state index contributed by atoms with van der Waals surface area (Å²) in [7, 11) is 0. The van der Waals surface area contributed by atoms with Gasteiger partial charge in [-0.15, -0.1) is 13.2 Å². The lowest BCUT2D eigenvalue weighted by Crippen LogP contribution is -1.58. The lowest BCUT2D eigenvalue weighted by molar-refractivity contribution is 1.30. The standard InChI is InChI=1S/C6H9/c1-3-5-6-4-2/h3-5H,1-2,6H2. The average Bonchev–Trinajstić information content (AvgIpc) is 1.61. The van der Waals surface area contributed by atoms with Gasteiger partial charge in [-0.3, -0.25) is 0 Å². The molecule has 0 heteroatoms. The molecule has 0 aliphatic heterocycles. The van der Waals surface area contributed by atoms with Crippen molar-refractivity contribution >= 4 is 0 Å².